The number of nitrogen functional groups attached to an aromatic ring is 1. The molecular formula is C9H12N2O. The predicted octanol–water partition coefficient (Wildman–Crippen LogP) is 0.930. The molecule has 0 spiro atoms. The van der Waals surface area contributed by atoms with Gasteiger partial charge in [0.2, 0.25) is 0 Å². The van der Waals surface area contributed by atoms with Crippen molar-refractivity contribution in [3.8, 4) is 0 Å². The Balaban J connectivity index is 3.17. The third-order valence-electron chi connectivity index (χ3n) is 1.73. The Hall–Kier alpha value is -1.35. The summed E-state index contributed by atoms with van der Waals surface area (Å²) in [5.41, 5.74) is 13.0. The Labute approximate surface area is 71.4 Å². The fourth-order valence-electron chi connectivity index (χ4n) is 1.04. The fourth-order valence-corrected chi connectivity index (χ4v) is 1.04. The maximum atomic E-state index is 11.0. The second-order valence-corrected chi connectivity index (χ2v) is 2.68. The first-order chi connectivity index (χ1) is 5.65. The highest BCUT2D eigenvalue weighted by atomic mass is 16.1. The van der Waals surface area contributed by atoms with Gasteiger partial charge in [0.05, 0.1) is 0 Å². The van der Waals surface area contributed by atoms with Crippen LogP contribution in [0.15, 0.2) is 18.2 Å². The van der Waals surface area contributed by atoms with Gasteiger partial charge in [0, 0.05) is 17.8 Å². The van der Waals surface area contributed by atoms with Crippen LogP contribution in [0.25, 0.3) is 0 Å². The smallest absolute Gasteiger partial charge is 0.161 e. The standard InChI is InChI=1S/C9H12N2O/c1-6(12)8-4-7(5-10)2-3-9(8)11/h2-4H,5,10-11H2,1H3. The van der Waals surface area contributed by atoms with Crippen molar-refractivity contribution in [2.24, 2.45) is 5.73 Å². The summed E-state index contributed by atoms with van der Waals surface area (Å²) in [6.45, 7) is 1.92. The van der Waals surface area contributed by atoms with Crippen molar-refractivity contribution in [2.45, 2.75) is 13.5 Å². The molecule has 0 saturated heterocycles. The maximum absolute atomic E-state index is 11.0. The quantitative estimate of drug-likeness (QED) is 0.504. The minimum atomic E-state index is -0.0252. The van der Waals surface area contributed by atoms with Gasteiger partial charge in [0.25, 0.3) is 0 Å². The lowest BCUT2D eigenvalue weighted by Gasteiger charge is -2.03. The zero-order valence-electron chi connectivity index (χ0n) is 7.00. The van der Waals surface area contributed by atoms with E-state index in [1.165, 1.54) is 6.92 Å². The lowest BCUT2D eigenvalue weighted by molar-refractivity contribution is 0.101. The number of rotatable bonds is 2. The summed E-state index contributed by atoms with van der Waals surface area (Å²) in [7, 11) is 0. The van der Waals surface area contributed by atoms with Crippen LogP contribution in [0.4, 0.5) is 5.69 Å². The summed E-state index contributed by atoms with van der Waals surface area (Å²) >= 11 is 0. The molecule has 1 aromatic carbocycles. The zero-order chi connectivity index (χ0) is 9.14. The minimum absolute atomic E-state index is 0.0252. The van der Waals surface area contributed by atoms with Gasteiger partial charge >= 0.3 is 0 Å². The van der Waals surface area contributed by atoms with Crippen molar-refractivity contribution in [3.63, 3.8) is 0 Å². The molecule has 0 unspecified atom stereocenters. The Bertz CT molecular complexity index is 307. The highest BCUT2D eigenvalue weighted by Gasteiger charge is 2.04. The summed E-state index contributed by atoms with van der Waals surface area (Å²) in [5, 5.41) is 0. The van der Waals surface area contributed by atoms with Crippen LogP contribution in [-0.2, 0) is 6.54 Å². The Morgan fingerprint density at radius 3 is 2.67 bits per heavy atom. The first-order valence-corrected chi connectivity index (χ1v) is 3.74. The normalized spacial score (nSPS) is 9.83. The molecule has 64 valence electrons. The van der Waals surface area contributed by atoms with Crippen LogP contribution in [0.3, 0.4) is 0 Å². The number of carbonyl (C=O) groups excluding carboxylic acids is 1. The summed E-state index contributed by atoms with van der Waals surface area (Å²) in [6, 6.07) is 5.26. The molecule has 3 heteroatoms. The van der Waals surface area contributed by atoms with Gasteiger partial charge < -0.3 is 11.5 Å². The number of anilines is 1. The minimum Gasteiger partial charge on any atom is -0.398 e. The molecule has 0 amide bonds. The molecule has 0 saturated carbocycles. The molecule has 3 nitrogen and oxygen atoms in total. The van der Waals surface area contributed by atoms with E-state index in [9.17, 15) is 4.79 Å². The van der Waals surface area contributed by atoms with Crippen LogP contribution < -0.4 is 11.5 Å². The Kier molecular flexibility index (Phi) is 2.45. The molecule has 0 aromatic heterocycles. The number of ketones is 1. The van der Waals surface area contributed by atoms with Crippen LogP contribution >= 0.6 is 0 Å². The zero-order valence-corrected chi connectivity index (χ0v) is 7.00. The van der Waals surface area contributed by atoms with Gasteiger partial charge in [0.15, 0.2) is 5.78 Å². The Morgan fingerprint density at radius 2 is 2.17 bits per heavy atom. The van der Waals surface area contributed by atoms with E-state index in [2.05, 4.69) is 0 Å². The molecule has 0 fully saturated rings. The van der Waals surface area contributed by atoms with E-state index in [0.717, 1.165) is 5.56 Å². The van der Waals surface area contributed by atoms with Crippen molar-refractivity contribution in [3.05, 3.63) is 29.3 Å². The molecule has 0 aliphatic carbocycles. The number of hydrogen-bond donors (Lipinski definition) is 2. The van der Waals surface area contributed by atoms with E-state index >= 15 is 0 Å². The molecule has 0 aliphatic heterocycles. The van der Waals surface area contributed by atoms with E-state index in [4.69, 9.17) is 11.5 Å². The predicted molar refractivity (Wildman–Crippen MR) is 48.8 cm³/mol. The van der Waals surface area contributed by atoms with Crippen LogP contribution in [0.5, 0.6) is 0 Å². The number of carbonyl (C=O) groups is 1. The lowest BCUT2D eigenvalue weighted by atomic mass is 10.1. The average Bonchev–Trinajstić information content (AvgIpc) is 2.05. The monoisotopic (exact) mass is 164 g/mol. The van der Waals surface area contributed by atoms with Crippen molar-refractivity contribution < 1.29 is 4.79 Å². The Morgan fingerprint density at radius 1 is 1.50 bits per heavy atom. The number of Topliss-reactive ketones (excluding diaryl/α,β-unsaturated/α-hetero) is 1. The molecule has 0 heterocycles. The van der Waals surface area contributed by atoms with Crippen LogP contribution in [0.1, 0.15) is 22.8 Å². The number of hydrogen-bond acceptors (Lipinski definition) is 3. The maximum Gasteiger partial charge on any atom is 0.161 e. The first kappa shape index (κ1) is 8.74. The van der Waals surface area contributed by atoms with E-state index in [0.29, 0.717) is 17.8 Å². The van der Waals surface area contributed by atoms with Gasteiger partial charge in [0.1, 0.15) is 0 Å². The molecule has 1 aromatic rings. The van der Waals surface area contributed by atoms with Crippen molar-refractivity contribution in [2.75, 3.05) is 5.73 Å². The SMILES string of the molecule is CC(=O)c1cc(CN)ccc1N. The molecular weight excluding hydrogens is 152 g/mol. The molecule has 4 N–H and O–H groups in total. The van der Waals surface area contributed by atoms with Crippen LogP contribution in [0, 0.1) is 0 Å². The van der Waals surface area contributed by atoms with Gasteiger partial charge in [-0.25, -0.2) is 0 Å². The van der Waals surface area contributed by atoms with Crippen molar-refractivity contribution in [1.82, 2.24) is 0 Å². The second-order valence-electron chi connectivity index (χ2n) is 2.68. The molecule has 0 bridgehead atoms. The molecule has 0 atom stereocenters. The van der Waals surface area contributed by atoms with Gasteiger partial charge in [-0.05, 0) is 24.6 Å². The molecule has 12 heavy (non-hydrogen) atoms. The summed E-state index contributed by atoms with van der Waals surface area (Å²) in [6.07, 6.45) is 0. The van der Waals surface area contributed by atoms with E-state index < -0.39 is 0 Å². The first-order valence-electron chi connectivity index (χ1n) is 3.74. The topological polar surface area (TPSA) is 69.1 Å². The van der Waals surface area contributed by atoms with Crippen LogP contribution in [0.2, 0.25) is 0 Å². The third kappa shape index (κ3) is 1.62. The van der Waals surface area contributed by atoms with Gasteiger partial charge in [-0.1, -0.05) is 6.07 Å². The van der Waals surface area contributed by atoms with E-state index in [-0.39, 0.29) is 5.78 Å². The fraction of sp³-hybridized carbons (Fsp3) is 0.222. The summed E-state index contributed by atoms with van der Waals surface area (Å²) in [4.78, 5) is 11.0. The van der Waals surface area contributed by atoms with Gasteiger partial charge in [-0.3, -0.25) is 4.79 Å². The van der Waals surface area contributed by atoms with Gasteiger partial charge in [-0.2, -0.15) is 0 Å². The number of nitrogens with two attached hydrogens (primary N) is 2. The van der Waals surface area contributed by atoms with Crippen LogP contribution in [-0.4, -0.2) is 5.78 Å². The van der Waals surface area contributed by atoms with E-state index in [1.54, 1.807) is 12.1 Å². The lowest BCUT2D eigenvalue weighted by Crippen LogP contribution is -2.03. The van der Waals surface area contributed by atoms with Crippen molar-refractivity contribution in [1.29, 1.82) is 0 Å². The molecule has 1 rings (SSSR count). The summed E-state index contributed by atoms with van der Waals surface area (Å²) in [5.74, 6) is -0.0252. The van der Waals surface area contributed by atoms with Gasteiger partial charge in [-0.15, -0.1) is 0 Å². The van der Waals surface area contributed by atoms with Crippen molar-refractivity contribution >= 4 is 11.5 Å². The largest absolute Gasteiger partial charge is 0.398 e. The highest BCUT2D eigenvalue weighted by Crippen LogP contribution is 2.14. The molecule has 0 aliphatic rings. The second kappa shape index (κ2) is 3.36. The van der Waals surface area contributed by atoms with E-state index in [1.807, 2.05) is 6.07 Å². The number of benzene rings is 1. The third-order valence-corrected chi connectivity index (χ3v) is 1.73. The average molecular weight is 164 g/mol. The summed E-state index contributed by atoms with van der Waals surface area (Å²) < 4.78 is 0. The highest BCUT2D eigenvalue weighted by molar-refractivity contribution is 5.99. The molecule has 0 radical (unpaired) electrons.